The minimum Gasteiger partial charge on any atom is -0.497 e. The molecule has 0 fully saturated rings. The topological polar surface area (TPSA) is 67.9 Å². The maximum Gasteiger partial charge on any atom is 0.255 e. The number of amides is 2. The maximum atomic E-state index is 13.5. The van der Waals surface area contributed by atoms with Gasteiger partial charge in [0.05, 0.1) is 19.9 Å². The molecule has 3 aromatic carbocycles. The molecule has 1 aliphatic heterocycles. The van der Waals surface area contributed by atoms with Crippen LogP contribution in [0.1, 0.15) is 27.5 Å². The highest BCUT2D eigenvalue weighted by atomic mass is 16.5. The normalized spacial score (nSPS) is 13.5. The molecule has 0 saturated carbocycles. The van der Waals surface area contributed by atoms with E-state index in [4.69, 9.17) is 9.47 Å². The molecule has 0 aliphatic carbocycles. The first kappa shape index (κ1) is 19.5. The third-order valence-electron chi connectivity index (χ3n) is 5.19. The van der Waals surface area contributed by atoms with Crippen LogP contribution >= 0.6 is 0 Å². The van der Waals surface area contributed by atoms with Gasteiger partial charge in [0.15, 0.2) is 0 Å². The first-order valence-corrected chi connectivity index (χ1v) is 9.59. The molecule has 0 unspecified atom stereocenters. The lowest BCUT2D eigenvalue weighted by atomic mass is 10.0. The number of ether oxygens (including phenoxy) is 2. The number of nitrogens with zero attached hydrogens (tertiary/aromatic N) is 1. The summed E-state index contributed by atoms with van der Waals surface area (Å²) in [6.07, 6.45) is 0. The van der Waals surface area contributed by atoms with Crippen molar-refractivity contribution in [3.8, 4) is 11.5 Å². The van der Waals surface area contributed by atoms with E-state index in [9.17, 15) is 9.59 Å². The van der Waals surface area contributed by atoms with Gasteiger partial charge in [-0.3, -0.25) is 9.59 Å². The Kier molecular flexibility index (Phi) is 5.39. The lowest BCUT2D eigenvalue weighted by molar-refractivity contribution is -0.120. The van der Waals surface area contributed by atoms with Crippen LogP contribution in [0.4, 0.5) is 5.69 Å². The largest absolute Gasteiger partial charge is 0.497 e. The molecule has 1 aliphatic rings. The summed E-state index contributed by atoms with van der Waals surface area (Å²) in [5.74, 6) is 0.611. The van der Waals surface area contributed by atoms with E-state index >= 15 is 0 Å². The van der Waals surface area contributed by atoms with Crippen LogP contribution in [-0.2, 0) is 11.3 Å². The lowest BCUT2D eigenvalue weighted by Crippen LogP contribution is -2.37. The molecule has 4 rings (SSSR count). The Balaban J connectivity index is 1.70. The second-order valence-electron chi connectivity index (χ2n) is 6.96. The lowest BCUT2D eigenvalue weighted by Gasteiger charge is -2.27. The second-order valence-corrected chi connectivity index (χ2v) is 6.96. The third kappa shape index (κ3) is 3.59. The van der Waals surface area contributed by atoms with E-state index in [0.29, 0.717) is 29.3 Å². The Morgan fingerprint density at radius 2 is 1.70 bits per heavy atom. The average molecular weight is 402 g/mol. The fourth-order valence-electron chi connectivity index (χ4n) is 3.71. The van der Waals surface area contributed by atoms with Crippen LogP contribution in [0.5, 0.6) is 11.5 Å². The van der Waals surface area contributed by atoms with Gasteiger partial charge in [-0.1, -0.05) is 48.5 Å². The molecule has 152 valence electrons. The van der Waals surface area contributed by atoms with Gasteiger partial charge in [0.25, 0.3) is 11.8 Å². The summed E-state index contributed by atoms with van der Waals surface area (Å²) in [7, 11) is 3.09. The minimum absolute atomic E-state index is 0.160. The van der Waals surface area contributed by atoms with Crippen molar-refractivity contribution in [2.24, 2.45) is 0 Å². The third-order valence-corrected chi connectivity index (χ3v) is 5.19. The molecule has 3 aromatic rings. The van der Waals surface area contributed by atoms with Gasteiger partial charge < -0.3 is 19.7 Å². The molecule has 6 nitrogen and oxygen atoms in total. The number of hydrogen-bond acceptors (Lipinski definition) is 4. The number of nitrogens with one attached hydrogen (secondary N) is 1. The van der Waals surface area contributed by atoms with Crippen LogP contribution in [0.25, 0.3) is 0 Å². The summed E-state index contributed by atoms with van der Waals surface area (Å²) >= 11 is 0. The molecule has 0 spiro atoms. The standard InChI is InChI=1S/C24H22N2O4/c1-29-18-12-13-21(30-2)20(14-18)25-23(27)22(16-8-4-3-5-9-16)26-15-17-10-6-7-11-19(17)24(26)28/h3-14,22H,15H2,1-2H3,(H,25,27)/t22-/m1/s1. The first-order chi connectivity index (χ1) is 14.6. The molecule has 6 heteroatoms. The van der Waals surface area contributed by atoms with Crippen molar-refractivity contribution in [3.63, 3.8) is 0 Å². The van der Waals surface area contributed by atoms with Gasteiger partial charge in [-0.25, -0.2) is 0 Å². The van der Waals surface area contributed by atoms with Crippen molar-refractivity contribution in [3.05, 3.63) is 89.5 Å². The summed E-state index contributed by atoms with van der Waals surface area (Å²) in [4.78, 5) is 28.2. The molecule has 1 heterocycles. The first-order valence-electron chi connectivity index (χ1n) is 9.59. The molecular formula is C24H22N2O4. The SMILES string of the molecule is COc1ccc(OC)c(NC(=O)[C@@H](c2ccccc2)N2Cc3ccccc3C2=O)c1. The summed E-state index contributed by atoms with van der Waals surface area (Å²) in [6, 6.07) is 21.1. The van der Waals surface area contributed by atoms with Crippen LogP contribution < -0.4 is 14.8 Å². The zero-order chi connectivity index (χ0) is 21.1. The highest BCUT2D eigenvalue weighted by Gasteiger charge is 2.37. The fourth-order valence-corrected chi connectivity index (χ4v) is 3.71. The summed E-state index contributed by atoms with van der Waals surface area (Å²) in [5.41, 5.74) is 2.75. The van der Waals surface area contributed by atoms with Crippen molar-refractivity contribution in [1.29, 1.82) is 0 Å². The minimum atomic E-state index is -0.790. The zero-order valence-electron chi connectivity index (χ0n) is 16.8. The summed E-state index contributed by atoms with van der Waals surface area (Å²) in [5, 5.41) is 2.92. The zero-order valence-corrected chi connectivity index (χ0v) is 16.8. The molecule has 0 aromatic heterocycles. The monoisotopic (exact) mass is 402 g/mol. The van der Waals surface area contributed by atoms with Crippen LogP contribution in [0.2, 0.25) is 0 Å². The number of carbonyl (C=O) groups is 2. The van der Waals surface area contributed by atoms with Crippen LogP contribution in [0.15, 0.2) is 72.8 Å². The molecule has 0 radical (unpaired) electrons. The quantitative estimate of drug-likeness (QED) is 0.676. The number of fused-ring (bicyclic) bond motifs is 1. The Bertz CT molecular complexity index is 1080. The van der Waals surface area contributed by atoms with Gasteiger partial charge in [0, 0.05) is 18.2 Å². The number of benzene rings is 3. The molecule has 2 amide bonds. The van der Waals surface area contributed by atoms with Crippen molar-refractivity contribution in [2.45, 2.75) is 12.6 Å². The van der Waals surface area contributed by atoms with Gasteiger partial charge in [0.1, 0.15) is 17.5 Å². The predicted molar refractivity (Wildman–Crippen MR) is 114 cm³/mol. The molecule has 1 N–H and O–H groups in total. The number of carbonyl (C=O) groups excluding carboxylic acids is 2. The van der Waals surface area contributed by atoms with E-state index in [1.807, 2.05) is 48.5 Å². The number of anilines is 1. The van der Waals surface area contributed by atoms with E-state index in [2.05, 4.69) is 5.32 Å². The van der Waals surface area contributed by atoms with Crippen LogP contribution in [0.3, 0.4) is 0 Å². The van der Waals surface area contributed by atoms with Gasteiger partial charge in [-0.15, -0.1) is 0 Å². The van der Waals surface area contributed by atoms with Crippen molar-refractivity contribution >= 4 is 17.5 Å². The molecule has 1 atom stereocenters. The van der Waals surface area contributed by atoms with E-state index in [-0.39, 0.29) is 11.8 Å². The molecule has 0 bridgehead atoms. The van der Waals surface area contributed by atoms with Crippen molar-refractivity contribution in [2.75, 3.05) is 19.5 Å². The van der Waals surface area contributed by atoms with Crippen molar-refractivity contribution < 1.29 is 19.1 Å². The smallest absolute Gasteiger partial charge is 0.255 e. The molecular weight excluding hydrogens is 380 g/mol. The number of hydrogen-bond donors (Lipinski definition) is 1. The summed E-state index contributed by atoms with van der Waals surface area (Å²) < 4.78 is 10.6. The predicted octanol–water partition coefficient (Wildman–Crippen LogP) is 4.04. The highest BCUT2D eigenvalue weighted by molar-refractivity contribution is 6.04. The van der Waals surface area contributed by atoms with Gasteiger partial charge in [-0.2, -0.15) is 0 Å². The van der Waals surface area contributed by atoms with Gasteiger partial charge in [-0.05, 0) is 29.3 Å². The van der Waals surface area contributed by atoms with Crippen LogP contribution in [-0.4, -0.2) is 30.9 Å². The molecule has 30 heavy (non-hydrogen) atoms. The highest BCUT2D eigenvalue weighted by Crippen LogP contribution is 2.34. The van der Waals surface area contributed by atoms with E-state index < -0.39 is 6.04 Å². The average Bonchev–Trinajstić information content (AvgIpc) is 3.11. The van der Waals surface area contributed by atoms with Crippen molar-refractivity contribution in [1.82, 2.24) is 4.90 Å². The van der Waals surface area contributed by atoms with E-state index in [0.717, 1.165) is 11.1 Å². The van der Waals surface area contributed by atoms with Crippen LogP contribution in [0, 0.1) is 0 Å². The second kappa shape index (κ2) is 8.29. The Morgan fingerprint density at radius 1 is 0.967 bits per heavy atom. The van der Waals surface area contributed by atoms with Gasteiger partial charge in [0.2, 0.25) is 0 Å². The van der Waals surface area contributed by atoms with E-state index in [1.165, 1.54) is 7.11 Å². The van der Waals surface area contributed by atoms with Gasteiger partial charge >= 0.3 is 0 Å². The maximum absolute atomic E-state index is 13.5. The fraction of sp³-hybridized carbons (Fsp3) is 0.167. The Hall–Kier alpha value is -3.80. The number of rotatable bonds is 6. The Morgan fingerprint density at radius 3 is 2.40 bits per heavy atom. The number of methoxy groups -OCH3 is 2. The van der Waals surface area contributed by atoms with E-state index in [1.54, 1.807) is 36.3 Å². The summed E-state index contributed by atoms with van der Waals surface area (Å²) in [6.45, 7) is 0.372. The Labute approximate surface area is 175 Å². The molecule has 0 saturated heterocycles.